The molecule has 1 amide bonds. The van der Waals surface area contributed by atoms with E-state index in [9.17, 15) is 9.59 Å². The molecule has 0 aromatic carbocycles. The molecule has 0 spiro atoms. The van der Waals surface area contributed by atoms with Crippen molar-refractivity contribution < 1.29 is 14.7 Å². The summed E-state index contributed by atoms with van der Waals surface area (Å²) < 4.78 is 0. The van der Waals surface area contributed by atoms with Crippen molar-refractivity contribution in [3.05, 3.63) is 17.8 Å². The van der Waals surface area contributed by atoms with E-state index in [1.54, 1.807) is 11.9 Å². The third kappa shape index (κ3) is 2.44. The Morgan fingerprint density at radius 2 is 2.26 bits per heavy atom. The fourth-order valence-electron chi connectivity index (χ4n) is 2.27. The number of amides is 1. The molecule has 2 heterocycles. The number of nitrogens with two attached hydrogens (primary N) is 1. The molecular formula is C12H16N4O3. The predicted molar refractivity (Wildman–Crippen MR) is 70.0 cm³/mol. The van der Waals surface area contributed by atoms with E-state index in [1.165, 1.54) is 12.1 Å². The van der Waals surface area contributed by atoms with E-state index in [0.717, 1.165) is 6.42 Å². The molecular weight excluding hydrogens is 248 g/mol. The predicted octanol–water partition coefficient (Wildman–Crippen LogP) is 0.0768. The summed E-state index contributed by atoms with van der Waals surface area (Å²) in [4.78, 5) is 28.5. The number of hydrogen-bond acceptors (Lipinski definition) is 5. The van der Waals surface area contributed by atoms with Gasteiger partial charge in [0.1, 0.15) is 6.04 Å². The van der Waals surface area contributed by atoms with Crippen LogP contribution in [0, 0.1) is 0 Å². The maximum atomic E-state index is 11.8. The van der Waals surface area contributed by atoms with Crippen molar-refractivity contribution in [3.63, 3.8) is 0 Å². The van der Waals surface area contributed by atoms with Crippen LogP contribution in [0.15, 0.2) is 12.1 Å². The first-order valence-electron chi connectivity index (χ1n) is 6.02. The first-order valence-corrected chi connectivity index (χ1v) is 6.02. The largest absolute Gasteiger partial charge is 0.477 e. The number of hydrogen-bond donors (Lipinski definition) is 3. The van der Waals surface area contributed by atoms with Crippen LogP contribution in [0.25, 0.3) is 0 Å². The summed E-state index contributed by atoms with van der Waals surface area (Å²) in [5, 5.41) is 11.6. The molecule has 7 heteroatoms. The van der Waals surface area contributed by atoms with Crippen LogP contribution < -0.4 is 16.0 Å². The number of likely N-dealkylation sites (N-methyl/N-ethyl adjacent to an activating group) is 1. The van der Waals surface area contributed by atoms with Crippen LogP contribution in [-0.4, -0.2) is 41.6 Å². The number of nitrogens with zero attached hydrogens (tertiary/aromatic N) is 2. The van der Waals surface area contributed by atoms with Crippen LogP contribution in [0.5, 0.6) is 0 Å². The van der Waals surface area contributed by atoms with E-state index in [2.05, 4.69) is 10.3 Å². The van der Waals surface area contributed by atoms with Gasteiger partial charge in [-0.2, -0.15) is 0 Å². The third-order valence-electron chi connectivity index (χ3n) is 3.20. The van der Waals surface area contributed by atoms with Gasteiger partial charge in [-0.15, -0.1) is 0 Å². The highest BCUT2D eigenvalue weighted by atomic mass is 16.4. The second-order valence-electron chi connectivity index (χ2n) is 4.38. The zero-order chi connectivity index (χ0) is 14.0. The minimum atomic E-state index is -1.11. The van der Waals surface area contributed by atoms with Gasteiger partial charge in [-0.05, 0) is 25.0 Å². The zero-order valence-corrected chi connectivity index (χ0v) is 10.6. The summed E-state index contributed by atoms with van der Waals surface area (Å²) >= 11 is 0. The van der Waals surface area contributed by atoms with Gasteiger partial charge in [0, 0.05) is 13.6 Å². The van der Waals surface area contributed by atoms with Gasteiger partial charge in [-0.1, -0.05) is 0 Å². The van der Waals surface area contributed by atoms with Crippen LogP contribution in [0.1, 0.15) is 23.3 Å². The maximum absolute atomic E-state index is 11.8. The van der Waals surface area contributed by atoms with E-state index < -0.39 is 5.97 Å². The summed E-state index contributed by atoms with van der Waals surface area (Å²) in [7, 11) is 1.57. The molecule has 4 N–H and O–H groups in total. The first kappa shape index (κ1) is 13.1. The quantitative estimate of drug-likeness (QED) is 0.713. The van der Waals surface area contributed by atoms with Crippen LogP contribution in [-0.2, 0) is 4.79 Å². The topological polar surface area (TPSA) is 109 Å². The Balaban J connectivity index is 2.37. The number of carbonyl (C=O) groups is 2. The van der Waals surface area contributed by atoms with Crippen LogP contribution in [0.2, 0.25) is 0 Å². The summed E-state index contributed by atoms with van der Waals surface area (Å²) in [6, 6.07) is 2.51. The fourth-order valence-corrected chi connectivity index (χ4v) is 2.27. The molecule has 19 heavy (non-hydrogen) atoms. The summed E-state index contributed by atoms with van der Waals surface area (Å²) in [5.74, 6) is -0.859. The van der Waals surface area contributed by atoms with Crippen molar-refractivity contribution in [2.45, 2.75) is 18.9 Å². The smallest absolute Gasteiger partial charge is 0.354 e. The number of nitrogen functional groups attached to an aromatic ring is 1. The normalized spacial score (nSPS) is 18.4. The standard InChI is InChI=1S/C12H16N4O3/c1-14-11(17)9-3-2-6-16(9)10-7(13)4-5-8(15-10)12(18)19/h4-5,9H,2-3,6,13H2,1H3,(H,14,17)(H,18,19). The number of rotatable bonds is 3. The van der Waals surface area contributed by atoms with Crippen molar-refractivity contribution in [2.75, 3.05) is 24.2 Å². The molecule has 1 aliphatic heterocycles. The molecule has 1 aromatic rings. The molecule has 2 rings (SSSR count). The van der Waals surface area contributed by atoms with Crippen molar-refractivity contribution in [1.82, 2.24) is 10.3 Å². The van der Waals surface area contributed by atoms with Gasteiger partial charge in [0.05, 0.1) is 5.69 Å². The molecule has 1 fully saturated rings. The molecule has 1 unspecified atom stereocenters. The lowest BCUT2D eigenvalue weighted by atomic mass is 10.2. The van der Waals surface area contributed by atoms with Crippen molar-refractivity contribution in [1.29, 1.82) is 0 Å². The van der Waals surface area contributed by atoms with Gasteiger partial charge in [-0.25, -0.2) is 9.78 Å². The molecule has 1 aromatic heterocycles. The van der Waals surface area contributed by atoms with Crippen molar-refractivity contribution in [2.24, 2.45) is 0 Å². The number of aromatic carboxylic acids is 1. The van der Waals surface area contributed by atoms with Gasteiger partial charge < -0.3 is 21.1 Å². The van der Waals surface area contributed by atoms with Gasteiger partial charge in [0.2, 0.25) is 5.91 Å². The lowest BCUT2D eigenvalue weighted by Crippen LogP contribution is -2.42. The molecule has 1 atom stereocenters. The van der Waals surface area contributed by atoms with Crippen molar-refractivity contribution >= 4 is 23.4 Å². The average Bonchev–Trinajstić information content (AvgIpc) is 2.87. The summed E-state index contributed by atoms with van der Waals surface area (Å²) in [6.07, 6.45) is 1.55. The Bertz CT molecular complexity index is 518. The Morgan fingerprint density at radius 3 is 2.89 bits per heavy atom. The fraction of sp³-hybridized carbons (Fsp3) is 0.417. The zero-order valence-electron chi connectivity index (χ0n) is 10.6. The SMILES string of the molecule is CNC(=O)C1CCCN1c1nc(C(=O)O)ccc1N. The second-order valence-corrected chi connectivity index (χ2v) is 4.38. The minimum absolute atomic E-state index is 0.0771. The number of aromatic nitrogens is 1. The Morgan fingerprint density at radius 1 is 1.53 bits per heavy atom. The Kier molecular flexibility index (Phi) is 3.55. The number of carbonyl (C=O) groups excluding carboxylic acids is 1. The Labute approximate surface area is 110 Å². The number of carboxylic acids is 1. The highest BCUT2D eigenvalue weighted by Crippen LogP contribution is 2.28. The average molecular weight is 264 g/mol. The molecule has 0 radical (unpaired) electrons. The lowest BCUT2D eigenvalue weighted by molar-refractivity contribution is -0.121. The van der Waals surface area contributed by atoms with Gasteiger partial charge >= 0.3 is 5.97 Å². The molecule has 1 saturated heterocycles. The van der Waals surface area contributed by atoms with Gasteiger partial charge in [0.15, 0.2) is 11.5 Å². The summed E-state index contributed by atoms with van der Waals surface area (Å²) in [5.41, 5.74) is 6.14. The van der Waals surface area contributed by atoms with E-state index in [4.69, 9.17) is 10.8 Å². The van der Waals surface area contributed by atoms with Crippen LogP contribution >= 0.6 is 0 Å². The molecule has 1 aliphatic rings. The number of anilines is 2. The second kappa shape index (κ2) is 5.13. The monoisotopic (exact) mass is 264 g/mol. The molecule has 0 bridgehead atoms. The maximum Gasteiger partial charge on any atom is 0.354 e. The van der Waals surface area contributed by atoms with E-state index >= 15 is 0 Å². The highest BCUT2D eigenvalue weighted by molar-refractivity contribution is 5.89. The van der Waals surface area contributed by atoms with E-state index in [1.807, 2.05) is 0 Å². The van der Waals surface area contributed by atoms with Crippen LogP contribution in [0.3, 0.4) is 0 Å². The number of carboxylic acid groups (broad SMARTS) is 1. The highest BCUT2D eigenvalue weighted by Gasteiger charge is 2.32. The van der Waals surface area contributed by atoms with Gasteiger partial charge in [-0.3, -0.25) is 4.79 Å². The molecule has 7 nitrogen and oxygen atoms in total. The van der Waals surface area contributed by atoms with Crippen LogP contribution in [0.4, 0.5) is 11.5 Å². The molecule has 0 saturated carbocycles. The van der Waals surface area contributed by atoms with E-state index in [0.29, 0.717) is 24.5 Å². The van der Waals surface area contributed by atoms with E-state index in [-0.39, 0.29) is 17.6 Å². The lowest BCUT2D eigenvalue weighted by Gasteiger charge is -2.25. The minimum Gasteiger partial charge on any atom is -0.477 e. The Hall–Kier alpha value is -2.31. The third-order valence-corrected chi connectivity index (χ3v) is 3.20. The molecule has 0 aliphatic carbocycles. The molecule has 102 valence electrons. The summed E-state index contributed by atoms with van der Waals surface area (Å²) in [6.45, 7) is 0.637. The van der Waals surface area contributed by atoms with Gasteiger partial charge in [0.25, 0.3) is 0 Å². The van der Waals surface area contributed by atoms with Crippen molar-refractivity contribution in [3.8, 4) is 0 Å². The number of pyridine rings is 1. The number of nitrogens with one attached hydrogen (secondary N) is 1. The first-order chi connectivity index (χ1) is 9.04.